The second kappa shape index (κ2) is 6.37. The van der Waals surface area contributed by atoms with Crippen molar-refractivity contribution in [1.82, 2.24) is 10.2 Å². The zero-order chi connectivity index (χ0) is 10.3. The molecule has 0 aliphatic carbocycles. The Labute approximate surface area is 78.7 Å². The van der Waals surface area contributed by atoms with Gasteiger partial charge < -0.3 is 10.2 Å². The lowest BCUT2D eigenvalue weighted by Crippen LogP contribution is -2.28. The number of hydrogen-bond donors (Lipinski definition) is 1. The molecule has 0 heterocycles. The van der Waals surface area contributed by atoms with Gasteiger partial charge in [0.2, 0.25) is 5.97 Å². The molecule has 0 saturated carbocycles. The second-order valence-electron chi connectivity index (χ2n) is 2.57. The van der Waals surface area contributed by atoms with Crippen molar-refractivity contribution in [2.24, 2.45) is 4.99 Å². The highest BCUT2D eigenvalue weighted by molar-refractivity contribution is 5.91. The minimum absolute atomic E-state index is 0.273. The minimum atomic E-state index is -0.589. The van der Waals surface area contributed by atoms with E-state index in [4.69, 9.17) is 0 Å². The maximum absolute atomic E-state index is 13.0. The highest BCUT2D eigenvalue weighted by atomic mass is 19.1. The molecule has 0 aromatic heterocycles. The molecule has 13 heavy (non-hydrogen) atoms. The van der Waals surface area contributed by atoms with Gasteiger partial charge in [0, 0.05) is 26.3 Å². The summed E-state index contributed by atoms with van der Waals surface area (Å²) in [5.41, 5.74) is 0.273. The Morgan fingerprint density at radius 2 is 2.31 bits per heavy atom. The normalized spacial score (nSPS) is 11.2. The number of rotatable bonds is 6. The summed E-state index contributed by atoms with van der Waals surface area (Å²) in [6, 6.07) is 0. The van der Waals surface area contributed by atoms with Crippen molar-refractivity contribution in [1.29, 1.82) is 0 Å². The summed E-state index contributed by atoms with van der Waals surface area (Å²) >= 11 is 0. The van der Waals surface area contributed by atoms with Crippen LogP contribution in [0.3, 0.4) is 0 Å². The highest BCUT2D eigenvalue weighted by Crippen LogP contribution is 2.02. The first kappa shape index (κ1) is 11.8. The molecule has 0 atom stereocenters. The summed E-state index contributed by atoms with van der Waals surface area (Å²) in [7, 11) is 3.60. The monoisotopic (exact) mass is 185 g/mol. The molecule has 0 amide bonds. The minimum Gasteiger partial charge on any atom is -0.370 e. The molecule has 0 radical (unpaired) electrons. The van der Waals surface area contributed by atoms with Gasteiger partial charge in [-0.25, -0.2) is 4.99 Å². The molecule has 4 heteroatoms. The summed E-state index contributed by atoms with van der Waals surface area (Å²) in [5.74, 6) is -0.589. The largest absolute Gasteiger partial charge is 0.370 e. The van der Waals surface area contributed by atoms with Crippen LogP contribution in [-0.4, -0.2) is 38.1 Å². The quantitative estimate of drug-likeness (QED) is 0.629. The third-order valence-corrected chi connectivity index (χ3v) is 1.60. The second-order valence-corrected chi connectivity index (χ2v) is 2.57. The van der Waals surface area contributed by atoms with Crippen LogP contribution in [0.1, 0.15) is 0 Å². The van der Waals surface area contributed by atoms with Gasteiger partial charge in [0.15, 0.2) is 0 Å². The van der Waals surface area contributed by atoms with E-state index in [0.717, 1.165) is 12.7 Å². The third-order valence-electron chi connectivity index (χ3n) is 1.60. The lowest BCUT2D eigenvalue weighted by molar-refractivity contribution is 0.428. The van der Waals surface area contributed by atoms with Crippen molar-refractivity contribution in [2.45, 2.75) is 0 Å². The van der Waals surface area contributed by atoms with Crippen molar-refractivity contribution in [2.75, 3.05) is 27.2 Å². The van der Waals surface area contributed by atoms with Gasteiger partial charge in [-0.15, -0.1) is 0 Å². The van der Waals surface area contributed by atoms with Crippen molar-refractivity contribution >= 4 is 5.97 Å². The van der Waals surface area contributed by atoms with Crippen molar-refractivity contribution in [3.05, 3.63) is 25.1 Å². The van der Waals surface area contributed by atoms with Gasteiger partial charge in [-0.1, -0.05) is 13.2 Å². The average Bonchev–Trinajstić information content (AvgIpc) is 2.13. The van der Waals surface area contributed by atoms with Crippen LogP contribution in [0.15, 0.2) is 30.0 Å². The van der Waals surface area contributed by atoms with Gasteiger partial charge in [-0.05, 0) is 7.05 Å². The summed E-state index contributed by atoms with van der Waals surface area (Å²) in [6.45, 7) is 8.34. The van der Waals surface area contributed by atoms with Gasteiger partial charge in [0.05, 0.1) is 5.70 Å². The molecule has 0 aromatic rings. The standard InChI is InChI=1S/C9H16FN3/c1-5-12-9(10)8(2)13(4)7-6-11-3/h5,11H,1-2,6-7H2,3-4H3. The van der Waals surface area contributed by atoms with Crippen molar-refractivity contribution in [3.63, 3.8) is 0 Å². The van der Waals surface area contributed by atoms with Crippen molar-refractivity contribution < 1.29 is 4.39 Å². The number of allylic oxidation sites excluding steroid dienone is 1. The van der Waals surface area contributed by atoms with E-state index >= 15 is 0 Å². The van der Waals surface area contributed by atoms with Gasteiger partial charge in [-0.2, -0.15) is 4.39 Å². The maximum atomic E-state index is 13.0. The van der Waals surface area contributed by atoms with Crippen LogP contribution >= 0.6 is 0 Å². The molecule has 0 saturated heterocycles. The van der Waals surface area contributed by atoms with E-state index < -0.39 is 5.97 Å². The number of aliphatic imine (C=N–C) groups is 1. The predicted molar refractivity (Wildman–Crippen MR) is 54.4 cm³/mol. The average molecular weight is 185 g/mol. The van der Waals surface area contributed by atoms with E-state index in [1.807, 2.05) is 7.05 Å². The Morgan fingerprint density at radius 1 is 1.69 bits per heavy atom. The maximum Gasteiger partial charge on any atom is 0.235 e. The Hall–Kier alpha value is -1.16. The molecule has 74 valence electrons. The van der Waals surface area contributed by atoms with E-state index in [0.29, 0.717) is 6.54 Å². The van der Waals surface area contributed by atoms with E-state index in [1.165, 1.54) is 0 Å². The molecule has 0 unspecified atom stereocenters. The zero-order valence-electron chi connectivity index (χ0n) is 8.18. The van der Waals surface area contributed by atoms with Gasteiger partial charge in [-0.3, -0.25) is 0 Å². The Morgan fingerprint density at radius 3 is 2.77 bits per heavy atom. The van der Waals surface area contributed by atoms with E-state index in [9.17, 15) is 4.39 Å². The number of halogens is 1. The first-order valence-electron chi connectivity index (χ1n) is 4.02. The molecule has 0 aliphatic heterocycles. The Balaban J connectivity index is 4.09. The third kappa shape index (κ3) is 4.42. The first-order valence-corrected chi connectivity index (χ1v) is 4.02. The molecule has 3 nitrogen and oxygen atoms in total. The lowest BCUT2D eigenvalue weighted by Gasteiger charge is -2.19. The molecule has 0 bridgehead atoms. The topological polar surface area (TPSA) is 27.6 Å². The molecule has 0 aliphatic rings. The zero-order valence-corrected chi connectivity index (χ0v) is 8.18. The van der Waals surface area contributed by atoms with Crippen molar-refractivity contribution in [3.8, 4) is 0 Å². The van der Waals surface area contributed by atoms with Gasteiger partial charge >= 0.3 is 0 Å². The van der Waals surface area contributed by atoms with Crippen LogP contribution in [-0.2, 0) is 0 Å². The Bertz CT molecular complexity index is 211. The molecule has 0 rings (SSSR count). The molecule has 0 fully saturated rings. The summed E-state index contributed by atoms with van der Waals surface area (Å²) in [6.07, 6.45) is 1.16. The van der Waals surface area contributed by atoms with Crippen LogP contribution in [0.4, 0.5) is 4.39 Å². The van der Waals surface area contributed by atoms with E-state index in [1.54, 1.807) is 11.9 Å². The van der Waals surface area contributed by atoms with Crippen LogP contribution < -0.4 is 5.32 Å². The number of nitrogens with zero attached hydrogens (tertiary/aromatic N) is 2. The van der Waals surface area contributed by atoms with Crippen LogP contribution in [0.2, 0.25) is 0 Å². The summed E-state index contributed by atoms with van der Waals surface area (Å²) in [5, 5.41) is 2.96. The molecule has 0 spiro atoms. The number of hydrogen-bond acceptors (Lipinski definition) is 3. The molecular formula is C9H16FN3. The number of nitrogens with one attached hydrogen (secondary N) is 1. The Kier molecular flexibility index (Phi) is 5.80. The van der Waals surface area contributed by atoms with Crippen LogP contribution in [0.5, 0.6) is 0 Å². The van der Waals surface area contributed by atoms with E-state index in [-0.39, 0.29) is 5.70 Å². The van der Waals surface area contributed by atoms with Gasteiger partial charge in [0.25, 0.3) is 0 Å². The first-order chi connectivity index (χ1) is 6.13. The van der Waals surface area contributed by atoms with Crippen LogP contribution in [0, 0.1) is 0 Å². The fraction of sp³-hybridized carbons (Fsp3) is 0.444. The summed E-state index contributed by atoms with van der Waals surface area (Å²) < 4.78 is 13.0. The fourth-order valence-electron chi connectivity index (χ4n) is 0.727. The molecule has 1 N–H and O–H groups in total. The van der Waals surface area contributed by atoms with Gasteiger partial charge in [0.1, 0.15) is 0 Å². The fourth-order valence-corrected chi connectivity index (χ4v) is 0.727. The number of likely N-dealkylation sites (N-methyl/N-ethyl adjacent to an activating group) is 2. The lowest BCUT2D eigenvalue weighted by atomic mass is 10.4. The SMILES string of the molecule is C=CN=C(F)C(=C)N(C)CCNC. The summed E-state index contributed by atoms with van der Waals surface area (Å²) in [4.78, 5) is 5.10. The smallest absolute Gasteiger partial charge is 0.235 e. The molecule has 0 aromatic carbocycles. The molecular weight excluding hydrogens is 169 g/mol. The predicted octanol–water partition coefficient (Wildman–Crippen LogP) is 1.16. The highest BCUT2D eigenvalue weighted by Gasteiger charge is 2.07. The van der Waals surface area contributed by atoms with E-state index in [2.05, 4.69) is 23.5 Å². The van der Waals surface area contributed by atoms with Crippen LogP contribution in [0.25, 0.3) is 0 Å².